The highest BCUT2D eigenvalue weighted by atomic mass is 31.2. The van der Waals surface area contributed by atoms with Gasteiger partial charge in [-0.1, -0.05) is 57.4 Å². The quantitative estimate of drug-likeness (QED) is 0.0591. The normalized spacial score (nSPS) is 20.1. The lowest BCUT2D eigenvalue weighted by Gasteiger charge is -2.34. The van der Waals surface area contributed by atoms with E-state index in [1.807, 2.05) is 32.9 Å². The first-order valence-electron chi connectivity index (χ1n) is 16.9. The topological polar surface area (TPSA) is 129 Å². The van der Waals surface area contributed by atoms with Crippen molar-refractivity contribution in [1.29, 1.82) is 0 Å². The number of ether oxygens (including phenoxy) is 2. The van der Waals surface area contributed by atoms with Gasteiger partial charge in [-0.15, -0.1) is 0 Å². The summed E-state index contributed by atoms with van der Waals surface area (Å²) in [5, 5.41) is 5.88. The molecule has 0 bridgehead atoms. The van der Waals surface area contributed by atoms with Gasteiger partial charge in [0.25, 0.3) is 0 Å². The van der Waals surface area contributed by atoms with E-state index < -0.39 is 39.1 Å². The summed E-state index contributed by atoms with van der Waals surface area (Å²) in [5.41, 5.74) is 3.65. The maximum atomic E-state index is 14.5. The molecule has 1 aliphatic carbocycles. The molecule has 0 fully saturated rings. The van der Waals surface area contributed by atoms with Crippen molar-refractivity contribution in [3.05, 3.63) is 47.1 Å². The van der Waals surface area contributed by atoms with E-state index in [1.54, 1.807) is 13.8 Å². The molecule has 2 N–H and O–H groups in total. The zero-order chi connectivity index (χ0) is 35.4. The van der Waals surface area contributed by atoms with Crippen LogP contribution in [0.5, 0.6) is 11.5 Å². The van der Waals surface area contributed by atoms with E-state index in [0.717, 1.165) is 43.2 Å². The molecule has 0 saturated heterocycles. The van der Waals surface area contributed by atoms with Crippen LogP contribution in [0.15, 0.2) is 35.9 Å². The Kier molecular flexibility index (Phi) is 16.5. The third-order valence-electron chi connectivity index (χ3n) is 8.36. The van der Waals surface area contributed by atoms with E-state index in [2.05, 4.69) is 36.7 Å². The van der Waals surface area contributed by atoms with Crippen molar-refractivity contribution in [2.75, 3.05) is 26.5 Å². The second-order valence-corrected chi connectivity index (χ2v) is 17.2. The number of methoxy groups -OCH3 is 2. The van der Waals surface area contributed by atoms with E-state index in [1.165, 1.54) is 19.8 Å². The zero-order valence-corrected chi connectivity index (χ0v) is 31.8. The lowest BCUT2D eigenvalue weighted by Crippen LogP contribution is -2.35. The van der Waals surface area contributed by atoms with Gasteiger partial charge in [0, 0.05) is 23.8 Å². The highest BCUT2D eigenvalue weighted by Gasteiger charge is 2.37. The molecule has 47 heavy (non-hydrogen) atoms. The lowest BCUT2D eigenvalue weighted by molar-refractivity contribution is -0.143. The number of allylic oxidation sites excluding steroid dienone is 3. The SMILES string of the molecule is C=C(C)C1CCC(C)=CC1c1c(OP(=O)(CCC)NC(C)C(=O)OC)cc(CCCCC)cc1OP(=O)(CCC)N[C@@H](C)C(=O)OC. The number of unbranched alkanes of at least 4 members (excludes halogenated alkanes) is 2. The van der Waals surface area contributed by atoms with Crippen LogP contribution in [-0.4, -0.2) is 50.6 Å². The number of nitrogens with one attached hydrogen (secondary N) is 2. The average Bonchev–Trinajstić information content (AvgIpc) is 2.99. The van der Waals surface area contributed by atoms with Crippen LogP contribution in [0, 0.1) is 5.92 Å². The van der Waals surface area contributed by atoms with E-state index >= 15 is 0 Å². The molecule has 0 heterocycles. The van der Waals surface area contributed by atoms with Crippen molar-refractivity contribution >= 4 is 27.0 Å². The molecule has 12 heteroatoms. The smallest absolute Gasteiger partial charge is 0.323 e. The largest absolute Gasteiger partial charge is 0.468 e. The molecule has 1 aliphatic rings. The molecule has 10 nitrogen and oxygen atoms in total. The Labute approximate surface area is 282 Å². The first kappa shape index (κ1) is 40.8. The zero-order valence-electron chi connectivity index (χ0n) is 30.0. The lowest BCUT2D eigenvalue weighted by atomic mass is 9.73. The number of aryl methyl sites for hydroxylation is 1. The Hall–Kier alpha value is -2.38. The van der Waals surface area contributed by atoms with Crippen molar-refractivity contribution in [2.45, 2.75) is 118 Å². The van der Waals surface area contributed by atoms with Crippen LogP contribution in [0.25, 0.3) is 0 Å². The van der Waals surface area contributed by atoms with Crippen LogP contribution in [0.2, 0.25) is 0 Å². The van der Waals surface area contributed by atoms with Gasteiger partial charge >= 0.3 is 27.0 Å². The minimum atomic E-state index is -3.67. The highest BCUT2D eigenvalue weighted by molar-refractivity contribution is 7.57. The summed E-state index contributed by atoms with van der Waals surface area (Å²) >= 11 is 0. The van der Waals surface area contributed by atoms with E-state index in [4.69, 9.17) is 18.5 Å². The summed E-state index contributed by atoms with van der Waals surface area (Å²) in [5.74, 6) is -0.682. The van der Waals surface area contributed by atoms with Crippen LogP contribution in [0.1, 0.15) is 110 Å². The summed E-state index contributed by atoms with van der Waals surface area (Å²) in [6, 6.07) is 2.07. The number of carbonyl (C=O) groups excluding carboxylic acids is 2. The molecule has 0 saturated carbocycles. The molecule has 0 aliphatic heterocycles. The number of benzene rings is 1. The Morgan fingerprint density at radius 1 is 0.894 bits per heavy atom. The molecular formula is C35H58N2O8P2. The van der Waals surface area contributed by atoms with Crippen LogP contribution in [-0.2, 0) is 34.6 Å². The molecule has 266 valence electrons. The number of rotatable bonds is 20. The summed E-state index contributed by atoms with van der Waals surface area (Å²) < 4.78 is 52.0. The van der Waals surface area contributed by atoms with Crippen molar-refractivity contribution < 1.29 is 37.2 Å². The monoisotopic (exact) mass is 696 g/mol. The Morgan fingerprint density at radius 3 is 1.79 bits per heavy atom. The molecule has 0 spiro atoms. The van der Waals surface area contributed by atoms with E-state index in [-0.39, 0.29) is 24.2 Å². The number of hydrogen-bond donors (Lipinski definition) is 2. The summed E-state index contributed by atoms with van der Waals surface area (Å²) in [6.07, 6.45) is 8.94. The van der Waals surface area contributed by atoms with Gasteiger partial charge < -0.3 is 18.5 Å². The van der Waals surface area contributed by atoms with Crippen LogP contribution in [0.3, 0.4) is 0 Å². The maximum absolute atomic E-state index is 14.5. The first-order valence-corrected chi connectivity index (χ1v) is 20.6. The molecule has 6 atom stereocenters. The molecule has 1 aromatic rings. The highest BCUT2D eigenvalue weighted by Crippen LogP contribution is 2.55. The first-order chi connectivity index (χ1) is 22.2. The standard InChI is InChI=1S/C35H58N2O8P2/c1-11-14-15-16-28-22-31(44-46(40,19-12-2)36-26(7)34(38)42-9)33(30-21-25(6)17-18-29(30)24(4)5)32(23-28)45-47(41,20-13-3)37-27(8)35(39)43-10/h21-23,26-27,29-30H,4,11-20H2,1-3,5-10H3,(H,36,40)(H,37,41)/t26-,27?,29?,30?,46?,47?/m0/s1. The minimum absolute atomic E-state index is 0.00867. The minimum Gasteiger partial charge on any atom is -0.468 e. The van der Waals surface area contributed by atoms with Gasteiger partial charge in [-0.05, 0) is 89.8 Å². The number of hydrogen-bond acceptors (Lipinski definition) is 8. The second kappa shape index (κ2) is 19.0. The fraction of sp³-hybridized carbons (Fsp3) is 0.657. The van der Waals surface area contributed by atoms with Crippen LogP contribution in [0.4, 0.5) is 0 Å². The van der Waals surface area contributed by atoms with E-state index in [9.17, 15) is 18.7 Å². The summed E-state index contributed by atoms with van der Waals surface area (Å²) in [6.45, 7) is 17.5. The number of carbonyl (C=O) groups is 2. The molecule has 0 aromatic heterocycles. The molecule has 5 unspecified atom stereocenters. The molecule has 0 amide bonds. The third-order valence-corrected chi connectivity index (χ3v) is 13.0. The Balaban J connectivity index is 2.92. The maximum Gasteiger partial charge on any atom is 0.323 e. The van der Waals surface area contributed by atoms with Gasteiger partial charge in [0.1, 0.15) is 23.6 Å². The van der Waals surface area contributed by atoms with Gasteiger partial charge in [0.2, 0.25) is 0 Å². The van der Waals surface area contributed by atoms with Gasteiger partial charge in [-0.2, -0.15) is 0 Å². The molecular weight excluding hydrogens is 638 g/mol. The Bertz CT molecular complexity index is 1290. The van der Waals surface area contributed by atoms with Crippen molar-refractivity contribution in [2.24, 2.45) is 5.92 Å². The molecule has 2 rings (SSSR count). The van der Waals surface area contributed by atoms with Gasteiger partial charge in [0.05, 0.1) is 14.2 Å². The molecule has 0 radical (unpaired) electrons. The predicted octanol–water partition coefficient (Wildman–Crippen LogP) is 8.70. The van der Waals surface area contributed by atoms with Gasteiger partial charge in [-0.25, -0.2) is 10.2 Å². The van der Waals surface area contributed by atoms with Crippen molar-refractivity contribution in [1.82, 2.24) is 10.2 Å². The fourth-order valence-electron chi connectivity index (χ4n) is 5.99. The van der Waals surface area contributed by atoms with Gasteiger partial charge in [0.15, 0.2) is 0 Å². The predicted molar refractivity (Wildman–Crippen MR) is 190 cm³/mol. The second-order valence-electron chi connectivity index (χ2n) is 12.7. The van der Waals surface area contributed by atoms with E-state index in [0.29, 0.717) is 36.3 Å². The third kappa shape index (κ3) is 11.9. The molecule has 1 aromatic carbocycles. The Morgan fingerprint density at radius 2 is 1.38 bits per heavy atom. The number of esters is 2. The van der Waals surface area contributed by atoms with Crippen LogP contribution < -0.4 is 19.2 Å². The average molecular weight is 697 g/mol. The summed E-state index contributed by atoms with van der Waals surface area (Å²) in [7, 11) is -4.77. The van der Waals surface area contributed by atoms with Crippen molar-refractivity contribution in [3.63, 3.8) is 0 Å². The fourth-order valence-corrected chi connectivity index (χ4v) is 10.0. The summed E-state index contributed by atoms with van der Waals surface area (Å²) in [4.78, 5) is 24.8. The van der Waals surface area contributed by atoms with Crippen molar-refractivity contribution in [3.8, 4) is 11.5 Å². The van der Waals surface area contributed by atoms with Crippen LogP contribution >= 0.6 is 15.0 Å². The van der Waals surface area contributed by atoms with Gasteiger partial charge in [-0.3, -0.25) is 18.7 Å².